The number of aryl methyl sites for hydroxylation is 1. The van der Waals surface area contributed by atoms with Crippen molar-refractivity contribution in [3.8, 4) is 11.5 Å². The molecular formula is C20H28N4O4. The van der Waals surface area contributed by atoms with Crippen molar-refractivity contribution in [1.29, 1.82) is 0 Å². The Kier molecular flexibility index (Phi) is 6.66. The lowest BCUT2D eigenvalue weighted by atomic mass is 9.83. The van der Waals surface area contributed by atoms with Gasteiger partial charge >= 0.3 is 0 Å². The fourth-order valence-corrected chi connectivity index (χ4v) is 2.93. The van der Waals surface area contributed by atoms with Crippen molar-refractivity contribution in [1.82, 2.24) is 15.1 Å². The number of amides is 2. The second kappa shape index (κ2) is 8.77. The number of hydrogen-bond acceptors (Lipinski definition) is 5. The van der Waals surface area contributed by atoms with Crippen LogP contribution < -0.4 is 20.5 Å². The highest BCUT2D eigenvalue weighted by atomic mass is 16.5. The molecule has 0 aliphatic heterocycles. The van der Waals surface area contributed by atoms with Crippen LogP contribution in [-0.4, -0.2) is 42.4 Å². The van der Waals surface area contributed by atoms with Crippen LogP contribution in [0.3, 0.4) is 0 Å². The SMILES string of the molecule is COc1ccc(C(C)(C)C(=O)NCC(Cc2cnn(C)c2)C(N)=O)cc1OC. The Hall–Kier alpha value is -3.03. The molecule has 152 valence electrons. The van der Waals surface area contributed by atoms with Crippen LogP contribution in [0.5, 0.6) is 11.5 Å². The van der Waals surface area contributed by atoms with Crippen LogP contribution in [0.15, 0.2) is 30.6 Å². The summed E-state index contributed by atoms with van der Waals surface area (Å²) in [5.74, 6) is -0.0558. The van der Waals surface area contributed by atoms with E-state index >= 15 is 0 Å². The third-order valence-electron chi connectivity index (χ3n) is 4.82. The summed E-state index contributed by atoms with van der Waals surface area (Å²) in [6.07, 6.45) is 3.93. The van der Waals surface area contributed by atoms with Crippen LogP contribution in [0.1, 0.15) is 25.0 Å². The Morgan fingerprint density at radius 3 is 2.46 bits per heavy atom. The molecule has 0 radical (unpaired) electrons. The highest BCUT2D eigenvalue weighted by Crippen LogP contribution is 2.33. The Morgan fingerprint density at radius 2 is 1.93 bits per heavy atom. The molecule has 1 aromatic heterocycles. The first-order chi connectivity index (χ1) is 13.2. The summed E-state index contributed by atoms with van der Waals surface area (Å²) >= 11 is 0. The first-order valence-electron chi connectivity index (χ1n) is 8.96. The quantitative estimate of drug-likeness (QED) is 0.670. The van der Waals surface area contributed by atoms with Gasteiger partial charge in [-0.3, -0.25) is 14.3 Å². The first kappa shape index (κ1) is 21.3. The Labute approximate surface area is 165 Å². The lowest BCUT2D eigenvalue weighted by Gasteiger charge is -2.26. The van der Waals surface area contributed by atoms with Gasteiger partial charge in [0, 0.05) is 19.8 Å². The van der Waals surface area contributed by atoms with Gasteiger partial charge in [-0.15, -0.1) is 0 Å². The van der Waals surface area contributed by atoms with Gasteiger partial charge in [-0.25, -0.2) is 0 Å². The summed E-state index contributed by atoms with van der Waals surface area (Å²) in [6.45, 7) is 3.77. The van der Waals surface area contributed by atoms with Gasteiger partial charge in [-0.2, -0.15) is 5.10 Å². The minimum atomic E-state index is -0.837. The van der Waals surface area contributed by atoms with E-state index in [-0.39, 0.29) is 12.5 Å². The predicted octanol–water partition coefficient (Wildman–Crippen LogP) is 1.18. The monoisotopic (exact) mass is 388 g/mol. The second-order valence-corrected chi connectivity index (χ2v) is 7.23. The molecule has 1 atom stereocenters. The van der Waals surface area contributed by atoms with Crippen LogP contribution in [0, 0.1) is 5.92 Å². The fraction of sp³-hybridized carbons (Fsp3) is 0.450. The van der Waals surface area contributed by atoms with E-state index in [4.69, 9.17) is 15.2 Å². The van der Waals surface area contributed by atoms with Gasteiger partial charge in [0.15, 0.2) is 11.5 Å². The molecule has 0 spiro atoms. The fourth-order valence-electron chi connectivity index (χ4n) is 2.93. The van der Waals surface area contributed by atoms with E-state index in [2.05, 4.69) is 10.4 Å². The number of aromatic nitrogens is 2. The Bertz CT molecular complexity index is 844. The van der Waals surface area contributed by atoms with Crippen molar-refractivity contribution in [3.05, 3.63) is 41.7 Å². The molecule has 0 bridgehead atoms. The van der Waals surface area contributed by atoms with Crippen LogP contribution in [0.2, 0.25) is 0 Å². The number of carbonyl (C=O) groups is 2. The molecule has 0 saturated carbocycles. The topological polar surface area (TPSA) is 108 Å². The smallest absolute Gasteiger partial charge is 0.230 e. The maximum absolute atomic E-state index is 12.9. The minimum Gasteiger partial charge on any atom is -0.493 e. The summed E-state index contributed by atoms with van der Waals surface area (Å²) in [5.41, 5.74) is 6.34. The van der Waals surface area contributed by atoms with Gasteiger partial charge in [-0.05, 0) is 43.5 Å². The lowest BCUT2D eigenvalue weighted by Crippen LogP contribution is -2.44. The van der Waals surface area contributed by atoms with Gasteiger partial charge in [0.1, 0.15) is 0 Å². The van der Waals surface area contributed by atoms with Gasteiger partial charge < -0.3 is 20.5 Å². The zero-order valence-corrected chi connectivity index (χ0v) is 17.0. The summed E-state index contributed by atoms with van der Waals surface area (Å²) in [6, 6.07) is 5.36. The molecule has 2 amide bonds. The Morgan fingerprint density at radius 1 is 1.25 bits per heavy atom. The first-order valence-corrected chi connectivity index (χ1v) is 8.96. The van der Waals surface area contributed by atoms with Gasteiger partial charge in [-0.1, -0.05) is 6.07 Å². The van der Waals surface area contributed by atoms with Crippen molar-refractivity contribution >= 4 is 11.8 Å². The van der Waals surface area contributed by atoms with Crippen LogP contribution in [0.4, 0.5) is 0 Å². The molecule has 1 heterocycles. The van der Waals surface area contributed by atoms with E-state index < -0.39 is 17.2 Å². The van der Waals surface area contributed by atoms with Gasteiger partial charge in [0.2, 0.25) is 11.8 Å². The van der Waals surface area contributed by atoms with E-state index in [0.717, 1.165) is 11.1 Å². The van der Waals surface area contributed by atoms with Crippen LogP contribution in [-0.2, 0) is 28.5 Å². The third kappa shape index (κ3) is 4.82. The molecule has 3 N–H and O–H groups in total. The van der Waals surface area contributed by atoms with Crippen molar-refractivity contribution in [2.24, 2.45) is 18.7 Å². The highest BCUT2D eigenvalue weighted by Gasteiger charge is 2.31. The number of rotatable bonds is 9. The van der Waals surface area contributed by atoms with E-state index in [1.54, 1.807) is 44.3 Å². The molecular weight excluding hydrogens is 360 g/mol. The molecule has 28 heavy (non-hydrogen) atoms. The number of nitrogens with zero attached hydrogens (tertiary/aromatic N) is 2. The Balaban J connectivity index is 2.09. The standard InChI is InChI=1S/C20H28N4O4/c1-20(2,15-6-7-16(27-4)17(9-15)28-5)19(26)22-11-14(18(21)25)8-13-10-23-24(3)12-13/h6-7,9-10,12,14H,8,11H2,1-5H3,(H2,21,25)(H,22,26). The molecule has 1 unspecified atom stereocenters. The summed E-state index contributed by atoms with van der Waals surface area (Å²) < 4.78 is 12.2. The molecule has 2 rings (SSSR count). The average Bonchev–Trinajstić information content (AvgIpc) is 3.08. The number of nitrogens with one attached hydrogen (secondary N) is 1. The number of ether oxygens (including phenoxy) is 2. The van der Waals surface area contributed by atoms with E-state index in [0.29, 0.717) is 17.9 Å². The summed E-state index contributed by atoms with van der Waals surface area (Å²) in [5, 5.41) is 6.95. The molecule has 8 heteroatoms. The predicted molar refractivity (Wildman–Crippen MR) is 105 cm³/mol. The largest absolute Gasteiger partial charge is 0.493 e. The minimum absolute atomic E-state index is 0.153. The lowest BCUT2D eigenvalue weighted by molar-refractivity contribution is -0.126. The molecule has 0 fully saturated rings. The van der Waals surface area contributed by atoms with Crippen LogP contribution in [0.25, 0.3) is 0 Å². The summed E-state index contributed by atoms with van der Waals surface area (Å²) in [4.78, 5) is 24.7. The van der Waals surface area contributed by atoms with Crippen molar-refractivity contribution in [3.63, 3.8) is 0 Å². The van der Waals surface area contributed by atoms with Gasteiger partial charge in [0.25, 0.3) is 0 Å². The number of hydrogen-bond donors (Lipinski definition) is 2. The zero-order chi connectivity index (χ0) is 20.9. The number of carbonyl (C=O) groups excluding carboxylic acids is 2. The van der Waals surface area contributed by atoms with Crippen molar-refractivity contribution < 1.29 is 19.1 Å². The molecule has 0 aliphatic rings. The normalized spacial score (nSPS) is 12.3. The number of methoxy groups -OCH3 is 2. The van der Waals surface area contributed by atoms with E-state index in [9.17, 15) is 9.59 Å². The molecule has 0 saturated heterocycles. The number of benzene rings is 1. The van der Waals surface area contributed by atoms with E-state index in [1.165, 1.54) is 0 Å². The molecule has 1 aromatic carbocycles. The van der Waals surface area contributed by atoms with E-state index in [1.807, 2.05) is 26.1 Å². The van der Waals surface area contributed by atoms with Crippen LogP contribution >= 0.6 is 0 Å². The number of primary amides is 1. The van der Waals surface area contributed by atoms with Crippen molar-refractivity contribution in [2.75, 3.05) is 20.8 Å². The third-order valence-corrected chi connectivity index (χ3v) is 4.82. The molecule has 0 aliphatic carbocycles. The maximum Gasteiger partial charge on any atom is 0.230 e. The maximum atomic E-state index is 12.9. The van der Waals surface area contributed by atoms with Gasteiger partial charge in [0.05, 0.1) is 31.7 Å². The molecule has 8 nitrogen and oxygen atoms in total. The summed E-state index contributed by atoms with van der Waals surface area (Å²) in [7, 11) is 4.91. The van der Waals surface area contributed by atoms with Crippen molar-refractivity contribution in [2.45, 2.75) is 25.7 Å². The number of nitrogens with two attached hydrogens (primary N) is 1. The second-order valence-electron chi connectivity index (χ2n) is 7.23. The molecule has 2 aromatic rings. The highest BCUT2D eigenvalue weighted by molar-refractivity contribution is 5.88. The average molecular weight is 388 g/mol. The zero-order valence-electron chi connectivity index (χ0n) is 17.0.